The molecule has 1 unspecified atom stereocenters. The van der Waals surface area contributed by atoms with Gasteiger partial charge in [0.2, 0.25) is 0 Å². The van der Waals surface area contributed by atoms with Gasteiger partial charge < -0.3 is 9.53 Å². The van der Waals surface area contributed by atoms with Gasteiger partial charge in [-0.05, 0) is 30.5 Å². The molecule has 0 heterocycles. The molecule has 1 N–H and O–H groups in total. The van der Waals surface area contributed by atoms with Crippen LogP contribution in [0.3, 0.4) is 0 Å². The lowest BCUT2D eigenvalue weighted by Gasteiger charge is -2.36. The molecule has 0 aliphatic carbocycles. The van der Waals surface area contributed by atoms with Crippen molar-refractivity contribution in [1.29, 1.82) is 0 Å². The van der Waals surface area contributed by atoms with Gasteiger partial charge in [-0.2, -0.15) is 0 Å². The summed E-state index contributed by atoms with van der Waals surface area (Å²) < 4.78 is 5.99. The van der Waals surface area contributed by atoms with E-state index in [9.17, 15) is 4.79 Å². The van der Waals surface area contributed by atoms with Crippen LogP contribution < -0.4 is 0 Å². The van der Waals surface area contributed by atoms with Crippen LogP contribution in [-0.2, 0) is 9.22 Å². The number of hydrogen-bond donors (Lipinski definition) is 1. The number of carboxylic acid groups (broad SMARTS) is 1. The molecule has 0 aromatic rings. The molecule has 0 spiro atoms. The number of carboxylic acids is 1. The minimum absolute atomic E-state index is 0.197. The summed E-state index contributed by atoms with van der Waals surface area (Å²) in [7, 11) is -1.66. The van der Waals surface area contributed by atoms with Crippen LogP contribution in [0.15, 0.2) is 0 Å². The maximum Gasteiger partial charge on any atom is 0.303 e. The second-order valence-corrected chi connectivity index (χ2v) is 10.9. The molecule has 0 saturated heterocycles. The minimum atomic E-state index is -1.66. The minimum Gasteiger partial charge on any atom is -0.481 e. The van der Waals surface area contributed by atoms with E-state index in [4.69, 9.17) is 9.53 Å². The van der Waals surface area contributed by atoms with Crippen LogP contribution in [0.5, 0.6) is 0 Å². The average Bonchev–Trinajstić information content (AvgIpc) is 1.99. The van der Waals surface area contributed by atoms with Gasteiger partial charge in [-0.3, -0.25) is 4.79 Å². The van der Waals surface area contributed by atoms with Gasteiger partial charge in [0.1, 0.15) is 0 Å². The SMILES string of the molecule is CC(CCO[Si](C)(C)C(C)(C)C)CC(=O)O. The van der Waals surface area contributed by atoms with Gasteiger partial charge in [0.15, 0.2) is 8.32 Å². The molecule has 0 aromatic heterocycles. The number of rotatable bonds is 6. The zero-order chi connectivity index (χ0) is 13.0. The lowest BCUT2D eigenvalue weighted by molar-refractivity contribution is -0.138. The molecule has 0 saturated carbocycles. The first kappa shape index (κ1) is 15.6. The molecule has 0 radical (unpaired) electrons. The predicted octanol–water partition coefficient (Wildman–Crippen LogP) is 3.51. The maximum absolute atomic E-state index is 10.5. The fraction of sp³-hybridized carbons (Fsp3) is 0.917. The number of aliphatic carboxylic acids is 1. The molecular formula is C12H26O3Si. The highest BCUT2D eigenvalue weighted by Gasteiger charge is 2.36. The normalized spacial score (nSPS) is 14.9. The molecule has 0 aliphatic heterocycles. The van der Waals surface area contributed by atoms with Gasteiger partial charge in [-0.15, -0.1) is 0 Å². The van der Waals surface area contributed by atoms with Crippen molar-refractivity contribution in [3.63, 3.8) is 0 Å². The molecule has 0 aliphatic rings. The fourth-order valence-electron chi connectivity index (χ4n) is 1.13. The number of carbonyl (C=O) groups is 1. The first-order valence-corrected chi connectivity index (χ1v) is 8.83. The molecule has 0 aromatic carbocycles. The Labute approximate surface area is 100 Å². The van der Waals surface area contributed by atoms with Crippen LogP contribution in [0, 0.1) is 5.92 Å². The Balaban J connectivity index is 3.94. The topological polar surface area (TPSA) is 46.5 Å². The predicted molar refractivity (Wildman–Crippen MR) is 69.2 cm³/mol. The average molecular weight is 246 g/mol. The van der Waals surface area contributed by atoms with Crippen molar-refractivity contribution in [2.24, 2.45) is 5.92 Å². The van der Waals surface area contributed by atoms with Crippen molar-refractivity contribution in [3.8, 4) is 0 Å². The van der Waals surface area contributed by atoms with Gasteiger partial charge in [-0.25, -0.2) is 0 Å². The van der Waals surface area contributed by atoms with Gasteiger partial charge in [-0.1, -0.05) is 27.7 Å². The summed E-state index contributed by atoms with van der Waals surface area (Å²) in [4.78, 5) is 10.5. The summed E-state index contributed by atoms with van der Waals surface area (Å²) in [6.07, 6.45) is 1.07. The van der Waals surface area contributed by atoms with E-state index in [0.29, 0.717) is 6.61 Å². The van der Waals surface area contributed by atoms with Crippen molar-refractivity contribution in [1.82, 2.24) is 0 Å². The van der Waals surface area contributed by atoms with Crippen molar-refractivity contribution in [2.75, 3.05) is 6.61 Å². The monoisotopic (exact) mass is 246 g/mol. The second-order valence-electron chi connectivity index (χ2n) is 6.10. The van der Waals surface area contributed by atoms with Crippen LogP contribution in [0.25, 0.3) is 0 Å². The Hall–Kier alpha value is -0.353. The Morgan fingerprint density at radius 2 is 1.88 bits per heavy atom. The highest BCUT2D eigenvalue weighted by Crippen LogP contribution is 2.36. The van der Waals surface area contributed by atoms with Gasteiger partial charge in [0.25, 0.3) is 0 Å². The summed E-state index contributed by atoms with van der Waals surface area (Å²) >= 11 is 0. The summed E-state index contributed by atoms with van der Waals surface area (Å²) in [5.41, 5.74) is 0. The highest BCUT2D eigenvalue weighted by molar-refractivity contribution is 6.74. The van der Waals surface area contributed by atoms with Crippen molar-refractivity contribution in [3.05, 3.63) is 0 Å². The van der Waals surface area contributed by atoms with Gasteiger partial charge in [0.05, 0.1) is 0 Å². The third-order valence-corrected chi connectivity index (χ3v) is 7.94. The van der Waals surface area contributed by atoms with Crippen molar-refractivity contribution >= 4 is 14.3 Å². The third kappa shape index (κ3) is 5.65. The van der Waals surface area contributed by atoms with Crippen LogP contribution in [-0.4, -0.2) is 26.0 Å². The van der Waals surface area contributed by atoms with Crippen LogP contribution in [0.1, 0.15) is 40.5 Å². The van der Waals surface area contributed by atoms with E-state index in [2.05, 4.69) is 33.9 Å². The summed E-state index contributed by atoms with van der Waals surface area (Å²) in [6, 6.07) is 0. The lowest BCUT2D eigenvalue weighted by Crippen LogP contribution is -2.41. The summed E-state index contributed by atoms with van der Waals surface area (Å²) in [6.45, 7) is 13.7. The van der Waals surface area contributed by atoms with Crippen molar-refractivity contribution in [2.45, 2.75) is 58.7 Å². The van der Waals surface area contributed by atoms with Gasteiger partial charge in [0, 0.05) is 13.0 Å². The van der Waals surface area contributed by atoms with Crippen LogP contribution >= 0.6 is 0 Å². The summed E-state index contributed by atoms with van der Waals surface area (Å²) in [5, 5.41) is 8.87. The third-order valence-electron chi connectivity index (χ3n) is 3.40. The lowest BCUT2D eigenvalue weighted by atomic mass is 10.1. The zero-order valence-electron chi connectivity index (χ0n) is 11.5. The quantitative estimate of drug-likeness (QED) is 0.730. The van der Waals surface area contributed by atoms with Crippen LogP contribution in [0.2, 0.25) is 18.1 Å². The zero-order valence-corrected chi connectivity index (χ0v) is 12.5. The van der Waals surface area contributed by atoms with E-state index in [1.807, 2.05) is 6.92 Å². The number of hydrogen-bond acceptors (Lipinski definition) is 2. The largest absolute Gasteiger partial charge is 0.481 e. The van der Waals surface area contributed by atoms with Crippen molar-refractivity contribution < 1.29 is 14.3 Å². The first-order valence-electron chi connectivity index (χ1n) is 5.92. The highest BCUT2D eigenvalue weighted by atomic mass is 28.4. The Morgan fingerprint density at radius 1 is 1.38 bits per heavy atom. The van der Waals surface area contributed by atoms with E-state index in [0.717, 1.165) is 6.42 Å². The van der Waals surface area contributed by atoms with E-state index in [-0.39, 0.29) is 17.4 Å². The Kier molecular flexibility index (Phi) is 5.69. The standard InChI is InChI=1S/C12H26O3Si/c1-10(9-11(13)14)7-8-15-16(5,6)12(2,3)4/h10H,7-9H2,1-6H3,(H,13,14). The molecular weight excluding hydrogens is 220 g/mol. The Bertz CT molecular complexity index is 231. The van der Waals surface area contributed by atoms with E-state index >= 15 is 0 Å². The first-order chi connectivity index (χ1) is 7.06. The molecule has 0 bridgehead atoms. The van der Waals surface area contributed by atoms with E-state index in [1.54, 1.807) is 0 Å². The molecule has 16 heavy (non-hydrogen) atoms. The van der Waals surface area contributed by atoms with Gasteiger partial charge >= 0.3 is 5.97 Å². The van der Waals surface area contributed by atoms with E-state index < -0.39 is 14.3 Å². The summed E-state index contributed by atoms with van der Waals surface area (Å²) in [5.74, 6) is -0.526. The second kappa shape index (κ2) is 5.82. The molecule has 1 atom stereocenters. The molecule has 4 heteroatoms. The van der Waals surface area contributed by atoms with Crippen LogP contribution in [0.4, 0.5) is 0 Å². The Morgan fingerprint density at radius 3 is 2.25 bits per heavy atom. The molecule has 96 valence electrons. The fourth-order valence-corrected chi connectivity index (χ4v) is 2.19. The van der Waals surface area contributed by atoms with E-state index in [1.165, 1.54) is 0 Å². The molecule has 0 fully saturated rings. The molecule has 0 amide bonds. The molecule has 3 nitrogen and oxygen atoms in total. The smallest absolute Gasteiger partial charge is 0.303 e. The molecule has 0 rings (SSSR count). The maximum atomic E-state index is 10.5.